The number of benzene rings is 2. The van der Waals surface area contributed by atoms with Gasteiger partial charge < -0.3 is 15.8 Å². The van der Waals surface area contributed by atoms with Crippen LogP contribution in [0, 0.1) is 18.3 Å². The second kappa shape index (κ2) is 9.86. The number of hydrogen-bond donors (Lipinski definition) is 2. The molecule has 2 atom stereocenters. The molecule has 2 aliphatic rings. The molecular weight excluding hydrogens is 488 g/mol. The largest absolute Gasteiger partial charge is 0.469 e. The third-order valence-corrected chi connectivity index (χ3v) is 7.34. The fourth-order valence-electron chi connectivity index (χ4n) is 4.09. The minimum Gasteiger partial charge on any atom is -0.469 e. The molecule has 0 spiro atoms. The predicted octanol–water partition coefficient (Wildman–Crippen LogP) is 3.80. The van der Waals surface area contributed by atoms with Crippen molar-refractivity contribution in [1.29, 1.82) is 5.26 Å². The molecule has 0 saturated carbocycles. The summed E-state index contributed by atoms with van der Waals surface area (Å²) < 4.78 is 4.72. The van der Waals surface area contributed by atoms with Crippen molar-refractivity contribution in [2.45, 2.75) is 24.5 Å². The number of nitrogens with two attached hydrogens (primary N) is 1. The molecule has 10 heteroatoms. The van der Waals surface area contributed by atoms with Crippen LogP contribution in [0.15, 0.2) is 70.5 Å². The highest BCUT2D eigenvalue weighted by Gasteiger charge is 2.48. The molecule has 178 valence electrons. The summed E-state index contributed by atoms with van der Waals surface area (Å²) in [7, 11) is 1.23. The molecule has 0 aromatic heterocycles. The number of nitriles is 1. The molecule has 2 heterocycles. The summed E-state index contributed by atoms with van der Waals surface area (Å²) in [6.45, 7) is 1.90. The van der Waals surface area contributed by atoms with Gasteiger partial charge in [0.2, 0.25) is 5.91 Å². The molecule has 4 rings (SSSR count). The van der Waals surface area contributed by atoms with Crippen molar-refractivity contribution in [2.75, 3.05) is 12.4 Å². The van der Waals surface area contributed by atoms with Gasteiger partial charge in [-0.25, -0.2) is 0 Å². The smallest absolute Gasteiger partial charge is 0.307 e. The van der Waals surface area contributed by atoms with Gasteiger partial charge in [-0.05, 0) is 36.2 Å². The number of nitrogens with one attached hydrogen (secondary N) is 1. The van der Waals surface area contributed by atoms with Gasteiger partial charge in [-0.15, -0.1) is 0 Å². The number of esters is 1. The lowest BCUT2D eigenvalue weighted by atomic mass is 9.82. The zero-order valence-electron chi connectivity index (χ0n) is 18.9. The van der Waals surface area contributed by atoms with E-state index in [2.05, 4.69) is 11.4 Å². The van der Waals surface area contributed by atoms with E-state index in [4.69, 9.17) is 22.1 Å². The Kier molecular flexibility index (Phi) is 6.87. The van der Waals surface area contributed by atoms with E-state index in [0.717, 1.165) is 22.2 Å². The van der Waals surface area contributed by atoms with Crippen LogP contribution in [-0.2, 0) is 19.1 Å². The zero-order valence-corrected chi connectivity index (χ0v) is 20.4. The Bertz CT molecular complexity index is 1350. The van der Waals surface area contributed by atoms with E-state index >= 15 is 0 Å². The first-order valence-corrected chi connectivity index (χ1v) is 11.9. The third kappa shape index (κ3) is 4.50. The van der Waals surface area contributed by atoms with Gasteiger partial charge in [0.05, 0.1) is 41.7 Å². The molecule has 8 nitrogen and oxygen atoms in total. The van der Waals surface area contributed by atoms with Crippen LogP contribution in [0.2, 0.25) is 5.02 Å². The normalized spacial score (nSPS) is 19.4. The summed E-state index contributed by atoms with van der Waals surface area (Å²) in [5.41, 5.74) is 8.49. The van der Waals surface area contributed by atoms with Crippen LogP contribution in [0.25, 0.3) is 0 Å². The summed E-state index contributed by atoms with van der Waals surface area (Å²) in [6, 6.07) is 16.2. The van der Waals surface area contributed by atoms with E-state index in [1.54, 1.807) is 42.5 Å². The summed E-state index contributed by atoms with van der Waals surface area (Å²) in [6.07, 6.45) is -0.210. The van der Waals surface area contributed by atoms with Crippen LogP contribution in [-0.4, -0.2) is 35.0 Å². The maximum atomic E-state index is 13.7. The maximum absolute atomic E-state index is 13.7. The SMILES string of the molecule is COC(=O)C[C@H]1SC2=C(C(=O)Nc3cccc(C)c3)[C@@H](c3ccccc3Cl)C(C#N)=C(N)N2C1=O. The highest BCUT2D eigenvalue weighted by Crippen LogP contribution is 2.50. The summed E-state index contributed by atoms with van der Waals surface area (Å²) in [5, 5.41) is 12.7. The average molecular weight is 509 g/mol. The predicted molar refractivity (Wildman–Crippen MR) is 133 cm³/mol. The van der Waals surface area contributed by atoms with E-state index in [1.807, 2.05) is 13.0 Å². The van der Waals surface area contributed by atoms with Crippen molar-refractivity contribution in [2.24, 2.45) is 5.73 Å². The molecule has 0 bridgehead atoms. The number of ether oxygens (including phenoxy) is 1. The van der Waals surface area contributed by atoms with Crippen molar-refractivity contribution in [1.82, 2.24) is 4.90 Å². The Balaban J connectivity index is 1.90. The van der Waals surface area contributed by atoms with Gasteiger partial charge >= 0.3 is 5.97 Å². The van der Waals surface area contributed by atoms with Gasteiger partial charge in [0.25, 0.3) is 5.91 Å². The number of anilines is 1. The number of carbonyl (C=O) groups excluding carboxylic acids is 3. The van der Waals surface area contributed by atoms with Gasteiger partial charge in [-0.3, -0.25) is 19.3 Å². The Hall–Kier alpha value is -3.74. The molecule has 3 N–H and O–H groups in total. The number of methoxy groups -OCH3 is 1. The number of halogens is 1. The lowest BCUT2D eigenvalue weighted by molar-refractivity contribution is -0.142. The summed E-state index contributed by atoms with van der Waals surface area (Å²) >= 11 is 7.54. The second-order valence-corrected chi connectivity index (χ2v) is 9.57. The van der Waals surface area contributed by atoms with E-state index in [9.17, 15) is 19.6 Å². The topological polar surface area (TPSA) is 126 Å². The van der Waals surface area contributed by atoms with Crippen molar-refractivity contribution in [3.8, 4) is 6.07 Å². The highest BCUT2D eigenvalue weighted by atomic mass is 35.5. The van der Waals surface area contributed by atoms with Gasteiger partial charge in [-0.1, -0.05) is 53.7 Å². The molecule has 2 aliphatic heterocycles. The molecule has 35 heavy (non-hydrogen) atoms. The fourth-order valence-corrected chi connectivity index (χ4v) is 5.66. The first kappa shape index (κ1) is 24.4. The number of carbonyl (C=O) groups is 3. The number of amides is 2. The molecule has 1 fully saturated rings. The summed E-state index contributed by atoms with van der Waals surface area (Å²) in [4.78, 5) is 40.0. The van der Waals surface area contributed by atoms with Crippen molar-refractivity contribution in [3.63, 3.8) is 0 Å². The van der Waals surface area contributed by atoms with Crippen LogP contribution < -0.4 is 11.1 Å². The minimum atomic E-state index is -0.915. The van der Waals surface area contributed by atoms with Crippen molar-refractivity contribution >= 4 is 46.8 Å². The first-order chi connectivity index (χ1) is 16.8. The Morgan fingerprint density at radius 1 is 1.26 bits per heavy atom. The standard InChI is InChI=1S/C25H21ClN4O4S/c1-13-6-5-7-14(10-13)29-23(32)21-20(15-8-3-4-9-17(15)26)16(12-27)22(28)30-24(33)18(35-25(21)30)11-19(31)34-2/h3-10,18,20H,11,28H2,1-2H3,(H,29,32)/t18-,20+/m1/s1. The number of rotatable bonds is 5. The fraction of sp³-hybridized carbons (Fsp3) is 0.200. The first-order valence-electron chi connectivity index (χ1n) is 10.6. The van der Waals surface area contributed by atoms with Crippen LogP contribution in [0.5, 0.6) is 0 Å². The molecule has 2 aromatic carbocycles. The molecule has 2 aromatic rings. The van der Waals surface area contributed by atoms with Crippen molar-refractivity contribution < 1.29 is 19.1 Å². The van der Waals surface area contributed by atoms with Gasteiger partial charge in [0, 0.05) is 10.7 Å². The van der Waals surface area contributed by atoms with Crippen LogP contribution >= 0.6 is 23.4 Å². The van der Waals surface area contributed by atoms with Gasteiger partial charge in [-0.2, -0.15) is 5.26 Å². The maximum Gasteiger partial charge on any atom is 0.307 e. The van der Waals surface area contributed by atoms with E-state index in [1.165, 1.54) is 7.11 Å². The number of fused-ring (bicyclic) bond motifs is 1. The van der Waals surface area contributed by atoms with E-state index < -0.39 is 29.0 Å². The third-order valence-electron chi connectivity index (χ3n) is 5.71. The quantitative estimate of drug-likeness (QED) is 0.588. The highest BCUT2D eigenvalue weighted by molar-refractivity contribution is 8.04. The molecular formula is C25H21ClN4O4S. The van der Waals surface area contributed by atoms with Crippen LogP contribution in [0.4, 0.5) is 5.69 Å². The summed E-state index contributed by atoms with van der Waals surface area (Å²) in [5.74, 6) is -2.60. The van der Waals surface area contributed by atoms with E-state index in [-0.39, 0.29) is 28.4 Å². The van der Waals surface area contributed by atoms with Crippen LogP contribution in [0.3, 0.4) is 0 Å². The average Bonchev–Trinajstić information content (AvgIpc) is 3.14. The zero-order chi connectivity index (χ0) is 25.3. The molecule has 0 unspecified atom stereocenters. The van der Waals surface area contributed by atoms with Gasteiger partial charge in [0.15, 0.2) is 0 Å². The number of allylic oxidation sites excluding steroid dienone is 1. The van der Waals surface area contributed by atoms with Gasteiger partial charge in [0.1, 0.15) is 11.1 Å². The molecule has 1 saturated heterocycles. The number of aryl methyl sites for hydroxylation is 1. The number of thioether (sulfide) groups is 1. The minimum absolute atomic E-state index is 0.0175. The molecule has 2 amide bonds. The lowest BCUT2D eigenvalue weighted by Crippen LogP contribution is -2.39. The number of nitrogens with zero attached hydrogens (tertiary/aromatic N) is 2. The van der Waals surface area contributed by atoms with Crippen molar-refractivity contribution in [3.05, 3.63) is 86.7 Å². The lowest BCUT2D eigenvalue weighted by Gasteiger charge is -2.32. The molecule has 0 radical (unpaired) electrons. The number of hydrogen-bond acceptors (Lipinski definition) is 7. The van der Waals surface area contributed by atoms with Crippen LogP contribution in [0.1, 0.15) is 23.5 Å². The second-order valence-electron chi connectivity index (χ2n) is 7.97. The van der Waals surface area contributed by atoms with E-state index in [0.29, 0.717) is 16.3 Å². The Morgan fingerprint density at radius 3 is 2.66 bits per heavy atom. The Morgan fingerprint density at radius 2 is 2.00 bits per heavy atom. The monoisotopic (exact) mass is 508 g/mol. The molecule has 0 aliphatic carbocycles. The Labute approximate surface area is 211 Å².